The molecular weight excluding hydrogens is 368 g/mol. The van der Waals surface area contributed by atoms with Crippen molar-refractivity contribution < 1.29 is 9.53 Å². The minimum atomic E-state index is -0.130. The molecule has 6 heteroatoms. The van der Waals surface area contributed by atoms with Crippen LogP contribution in [0.25, 0.3) is 0 Å². The van der Waals surface area contributed by atoms with E-state index in [2.05, 4.69) is 10.3 Å². The van der Waals surface area contributed by atoms with Crippen LogP contribution in [0.4, 0.5) is 0 Å². The maximum absolute atomic E-state index is 12.4. The number of aromatic nitrogens is 1. The number of rotatable bonds is 6. The summed E-state index contributed by atoms with van der Waals surface area (Å²) < 4.78 is 5.70. The highest BCUT2D eigenvalue weighted by Crippen LogP contribution is 2.18. The van der Waals surface area contributed by atoms with Gasteiger partial charge in [0.05, 0.1) is 16.7 Å². The zero-order valence-corrected chi connectivity index (χ0v) is 16.1. The van der Waals surface area contributed by atoms with E-state index in [9.17, 15) is 4.79 Å². The average molecular weight is 387 g/mol. The molecule has 1 heterocycles. The highest BCUT2D eigenvalue weighted by Gasteiger charge is 2.11. The van der Waals surface area contributed by atoms with Gasteiger partial charge in [-0.1, -0.05) is 23.7 Å². The summed E-state index contributed by atoms with van der Waals surface area (Å²) in [5.41, 5.74) is 2.50. The number of carbonyl (C=O) groups excluding carboxylic acids is 1. The van der Waals surface area contributed by atoms with E-state index in [1.807, 2.05) is 43.5 Å². The molecule has 0 bridgehead atoms. The second kappa shape index (κ2) is 8.34. The molecule has 0 spiro atoms. The van der Waals surface area contributed by atoms with E-state index in [1.165, 1.54) is 0 Å². The molecule has 0 fully saturated rings. The lowest BCUT2D eigenvalue weighted by Crippen LogP contribution is -2.26. The van der Waals surface area contributed by atoms with Crippen molar-refractivity contribution in [2.75, 3.05) is 0 Å². The second-order valence-electron chi connectivity index (χ2n) is 5.92. The molecule has 0 saturated carbocycles. The number of benzene rings is 2. The van der Waals surface area contributed by atoms with Gasteiger partial charge in [0, 0.05) is 16.0 Å². The fourth-order valence-electron chi connectivity index (χ4n) is 2.45. The Morgan fingerprint density at radius 3 is 2.50 bits per heavy atom. The number of ether oxygens (including phenoxy) is 1. The maximum Gasteiger partial charge on any atom is 0.251 e. The molecule has 26 heavy (non-hydrogen) atoms. The first-order chi connectivity index (χ1) is 12.5. The van der Waals surface area contributed by atoms with Crippen LogP contribution in [-0.4, -0.2) is 10.9 Å². The fraction of sp³-hybridized carbons (Fsp3) is 0.200. The lowest BCUT2D eigenvalue weighted by molar-refractivity contribution is 0.0940. The summed E-state index contributed by atoms with van der Waals surface area (Å²) in [5.74, 6) is 0.576. The van der Waals surface area contributed by atoms with Gasteiger partial charge >= 0.3 is 0 Å². The largest absolute Gasteiger partial charge is 0.487 e. The quantitative estimate of drug-likeness (QED) is 0.635. The molecule has 4 nitrogen and oxygen atoms in total. The van der Waals surface area contributed by atoms with Crippen molar-refractivity contribution in [2.24, 2.45) is 0 Å². The number of aryl methyl sites for hydroxylation is 1. The first-order valence-corrected chi connectivity index (χ1v) is 9.47. The summed E-state index contributed by atoms with van der Waals surface area (Å²) >= 11 is 7.50. The highest BCUT2D eigenvalue weighted by atomic mass is 35.5. The third-order valence-electron chi connectivity index (χ3n) is 3.89. The Morgan fingerprint density at radius 2 is 1.88 bits per heavy atom. The third-order valence-corrected chi connectivity index (χ3v) is 4.96. The van der Waals surface area contributed by atoms with Gasteiger partial charge < -0.3 is 10.1 Å². The Hall–Kier alpha value is -2.37. The van der Waals surface area contributed by atoms with Gasteiger partial charge in [-0.15, -0.1) is 11.3 Å². The number of hydrogen-bond acceptors (Lipinski definition) is 4. The van der Waals surface area contributed by atoms with Crippen LogP contribution in [0.5, 0.6) is 5.75 Å². The summed E-state index contributed by atoms with van der Waals surface area (Å²) in [7, 11) is 0. The van der Waals surface area contributed by atoms with Crippen molar-refractivity contribution in [3.05, 3.63) is 80.8 Å². The van der Waals surface area contributed by atoms with Crippen molar-refractivity contribution in [1.29, 1.82) is 0 Å². The van der Waals surface area contributed by atoms with Gasteiger partial charge in [0.25, 0.3) is 5.91 Å². The Balaban J connectivity index is 1.57. The van der Waals surface area contributed by atoms with E-state index >= 15 is 0 Å². The normalized spacial score (nSPS) is 11.8. The molecular formula is C20H19ClN2O2S. The monoisotopic (exact) mass is 386 g/mol. The van der Waals surface area contributed by atoms with Crippen molar-refractivity contribution >= 4 is 28.8 Å². The Bertz CT molecular complexity index is 876. The van der Waals surface area contributed by atoms with Gasteiger partial charge in [-0.3, -0.25) is 4.79 Å². The first kappa shape index (κ1) is 18.4. The molecule has 3 aromatic rings. The van der Waals surface area contributed by atoms with Crippen LogP contribution in [0.3, 0.4) is 0 Å². The van der Waals surface area contributed by atoms with E-state index < -0.39 is 0 Å². The van der Waals surface area contributed by atoms with Crippen LogP contribution in [0.2, 0.25) is 5.02 Å². The van der Waals surface area contributed by atoms with Crippen LogP contribution >= 0.6 is 22.9 Å². The van der Waals surface area contributed by atoms with Gasteiger partial charge in [0.15, 0.2) is 0 Å². The van der Waals surface area contributed by atoms with Crippen molar-refractivity contribution in [3.8, 4) is 5.75 Å². The standard InChI is InChI=1S/C20H19ClN2O2S/c1-13(15-3-7-17(21)8-4-15)22-20(24)16-5-9-19(10-6-16)25-11-18-12-26-14(2)23-18/h3-10,12-13H,11H2,1-2H3,(H,22,24)/t13-/m0/s1. The van der Waals surface area contributed by atoms with E-state index in [0.29, 0.717) is 22.9 Å². The van der Waals surface area contributed by atoms with Gasteiger partial charge in [0.2, 0.25) is 0 Å². The van der Waals surface area contributed by atoms with E-state index in [-0.39, 0.29) is 11.9 Å². The molecule has 0 radical (unpaired) electrons. The molecule has 0 saturated heterocycles. The molecule has 134 valence electrons. The number of nitrogens with zero attached hydrogens (tertiary/aromatic N) is 1. The molecule has 3 rings (SSSR count). The maximum atomic E-state index is 12.4. The third kappa shape index (κ3) is 4.84. The molecule has 2 aromatic carbocycles. The summed E-state index contributed by atoms with van der Waals surface area (Å²) in [6.45, 7) is 4.32. The fourth-order valence-corrected chi connectivity index (χ4v) is 3.17. The number of amides is 1. The molecule has 1 amide bonds. The second-order valence-corrected chi connectivity index (χ2v) is 7.42. The predicted molar refractivity (Wildman–Crippen MR) is 105 cm³/mol. The van der Waals surface area contributed by atoms with Gasteiger partial charge in [-0.2, -0.15) is 0 Å². The smallest absolute Gasteiger partial charge is 0.251 e. The summed E-state index contributed by atoms with van der Waals surface area (Å²) in [4.78, 5) is 16.8. The number of carbonyl (C=O) groups is 1. The molecule has 0 aliphatic rings. The zero-order chi connectivity index (χ0) is 18.5. The summed E-state index contributed by atoms with van der Waals surface area (Å²) in [6, 6.07) is 14.4. The van der Waals surface area contributed by atoms with E-state index in [4.69, 9.17) is 16.3 Å². The molecule has 0 aliphatic heterocycles. The Morgan fingerprint density at radius 1 is 1.19 bits per heavy atom. The molecule has 0 aliphatic carbocycles. The number of nitrogens with one attached hydrogen (secondary N) is 1. The van der Waals surface area contributed by atoms with E-state index in [1.54, 1.807) is 35.6 Å². The van der Waals surface area contributed by atoms with Gasteiger partial charge in [-0.25, -0.2) is 4.98 Å². The number of hydrogen-bond donors (Lipinski definition) is 1. The van der Waals surface area contributed by atoms with E-state index in [0.717, 1.165) is 16.3 Å². The lowest BCUT2D eigenvalue weighted by Gasteiger charge is -2.14. The van der Waals surface area contributed by atoms with Crippen LogP contribution in [0, 0.1) is 6.92 Å². The Kier molecular flexibility index (Phi) is 5.91. The Labute approximate surface area is 161 Å². The van der Waals surface area contributed by atoms with Crippen LogP contribution in [0.1, 0.15) is 39.6 Å². The molecule has 1 atom stereocenters. The summed E-state index contributed by atoms with van der Waals surface area (Å²) in [6.07, 6.45) is 0. The molecule has 1 aromatic heterocycles. The summed E-state index contributed by atoms with van der Waals surface area (Å²) in [5, 5.41) is 6.66. The van der Waals surface area contributed by atoms with Crippen LogP contribution in [-0.2, 0) is 6.61 Å². The molecule has 0 unspecified atom stereocenters. The topological polar surface area (TPSA) is 51.2 Å². The van der Waals surface area contributed by atoms with Crippen molar-refractivity contribution in [2.45, 2.75) is 26.5 Å². The number of thiazole rings is 1. The SMILES string of the molecule is Cc1nc(COc2ccc(C(=O)N[C@@H](C)c3ccc(Cl)cc3)cc2)cs1. The lowest BCUT2D eigenvalue weighted by atomic mass is 10.1. The predicted octanol–water partition coefficient (Wildman–Crippen LogP) is 5.17. The first-order valence-electron chi connectivity index (χ1n) is 8.21. The van der Waals surface area contributed by atoms with Gasteiger partial charge in [-0.05, 0) is 55.8 Å². The van der Waals surface area contributed by atoms with Gasteiger partial charge in [0.1, 0.15) is 12.4 Å². The number of halogens is 1. The average Bonchev–Trinajstić information content (AvgIpc) is 3.06. The zero-order valence-electron chi connectivity index (χ0n) is 14.5. The van der Waals surface area contributed by atoms with Crippen LogP contribution in [0.15, 0.2) is 53.9 Å². The highest BCUT2D eigenvalue weighted by molar-refractivity contribution is 7.09. The van der Waals surface area contributed by atoms with Crippen LogP contribution < -0.4 is 10.1 Å². The van der Waals surface area contributed by atoms with Crippen molar-refractivity contribution in [1.82, 2.24) is 10.3 Å². The minimum absolute atomic E-state index is 0.108. The molecule has 1 N–H and O–H groups in total. The van der Waals surface area contributed by atoms with Crippen molar-refractivity contribution in [3.63, 3.8) is 0 Å². The minimum Gasteiger partial charge on any atom is -0.487 e.